The fraction of sp³-hybridized carbons (Fsp3) is 0.333. The minimum absolute atomic E-state index is 0.728. The Balaban J connectivity index is 2.71. The Kier molecular flexibility index (Phi) is 3.57. The van der Waals surface area contributed by atoms with Crippen LogP contribution in [-0.2, 0) is 13.0 Å². The molecule has 86 valence electrons. The second-order valence-corrected chi connectivity index (χ2v) is 4.94. The molecule has 2 rings (SSSR count). The Bertz CT molecular complexity index is 521. The average Bonchev–Trinajstić information content (AvgIpc) is 2.56. The molecule has 1 heterocycles. The third-order valence-corrected chi connectivity index (χ3v) is 3.39. The molecule has 0 aliphatic rings. The molecule has 1 aromatic carbocycles. The van der Waals surface area contributed by atoms with E-state index in [0.717, 1.165) is 39.2 Å². The number of benzene rings is 1. The predicted molar refractivity (Wildman–Crippen MR) is 71.1 cm³/mol. The lowest BCUT2D eigenvalue weighted by molar-refractivity contribution is 0.523. The first-order valence-electron chi connectivity index (χ1n) is 5.21. The van der Waals surface area contributed by atoms with Gasteiger partial charge in [-0.1, -0.05) is 18.5 Å². The maximum Gasteiger partial charge on any atom is 0.148 e. The normalized spacial score (nSPS) is 11.2. The quantitative estimate of drug-likeness (QED) is 0.922. The molecule has 4 heteroatoms. The fourth-order valence-electron chi connectivity index (χ4n) is 1.91. The van der Waals surface area contributed by atoms with Crippen LogP contribution in [0.25, 0.3) is 11.0 Å². The zero-order valence-corrected chi connectivity index (χ0v) is 11.6. The molecule has 0 aliphatic carbocycles. The second kappa shape index (κ2) is 4.78. The van der Waals surface area contributed by atoms with Gasteiger partial charge in [-0.25, -0.2) is 0 Å². The lowest BCUT2D eigenvalue weighted by atomic mass is 10.1. The van der Waals surface area contributed by atoms with Crippen molar-refractivity contribution in [2.75, 3.05) is 7.05 Å². The number of aryl methyl sites for hydroxylation is 1. The van der Waals surface area contributed by atoms with Crippen LogP contribution in [0.15, 0.2) is 21.0 Å². The Labute approximate surface area is 108 Å². The Morgan fingerprint density at radius 1 is 1.44 bits per heavy atom. The molecule has 0 bridgehead atoms. The minimum atomic E-state index is 0.728. The highest BCUT2D eigenvalue weighted by Gasteiger charge is 2.14. The van der Waals surface area contributed by atoms with E-state index in [1.165, 1.54) is 5.56 Å². The number of nitrogens with one attached hydrogen (secondary N) is 1. The number of hydrogen-bond acceptors (Lipinski definition) is 2. The van der Waals surface area contributed by atoms with Crippen molar-refractivity contribution in [2.45, 2.75) is 19.9 Å². The van der Waals surface area contributed by atoms with Gasteiger partial charge in [0.1, 0.15) is 11.3 Å². The molecule has 2 nitrogen and oxygen atoms in total. The monoisotopic (exact) mass is 301 g/mol. The van der Waals surface area contributed by atoms with Crippen molar-refractivity contribution < 1.29 is 4.42 Å². The molecule has 2 aromatic rings. The molecule has 0 unspecified atom stereocenters. The highest BCUT2D eigenvalue weighted by atomic mass is 79.9. The van der Waals surface area contributed by atoms with Gasteiger partial charge in [-0.15, -0.1) is 0 Å². The molecule has 16 heavy (non-hydrogen) atoms. The van der Waals surface area contributed by atoms with E-state index >= 15 is 0 Å². The molecule has 0 aliphatic heterocycles. The van der Waals surface area contributed by atoms with Crippen LogP contribution in [0.5, 0.6) is 0 Å². The highest BCUT2D eigenvalue weighted by Crippen LogP contribution is 2.34. The predicted octanol–water partition coefficient (Wildman–Crippen LogP) is 4.13. The zero-order chi connectivity index (χ0) is 11.7. The highest BCUT2D eigenvalue weighted by molar-refractivity contribution is 9.10. The summed E-state index contributed by atoms with van der Waals surface area (Å²) in [5, 5.41) is 4.94. The van der Waals surface area contributed by atoms with Crippen molar-refractivity contribution in [3.05, 3.63) is 33.0 Å². The summed E-state index contributed by atoms with van der Waals surface area (Å²) in [6.07, 6.45) is 0.941. The summed E-state index contributed by atoms with van der Waals surface area (Å²) < 4.78 is 6.76. The Hall–Kier alpha value is -0.510. The van der Waals surface area contributed by atoms with Crippen molar-refractivity contribution in [3.8, 4) is 0 Å². The number of furan rings is 1. The maximum absolute atomic E-state index is 6.05. The molecular weight excluding hydrogens is 289 g/mol. The van der Waals surface area contributed by atoms with Gasteiger partial charge in [-0.05, 0) is 41.5 Å². The second-order valence-electron chi connectivity index (χ2n) is 3.65. The summed E-state index contributed by atoms with van der Waals surface area (Å²) in [7, 11) is 1.91. The molecule has 0 saturated heterocycles. The van der Waals surface area contributed by atoms with Gasteiger partial charge in [0.15, 0.2) is 0 Å². The summed E-state index contributed by atoms with van der Waals surface area (Å²) in [5.41, 5.74) is 2.11. The summed E-state index contributed by atoms with van der Waals surface area (Å²) in [5.74, 6) is 0.989. The van der Waals surface area contributed by atoms with Crippen LogP contribution in [0.1, 0.15) is 18.2 Å². The van der Waals surface area contributed by atoms with Gasteiger partial charge in [0, 0.05) is 16.0 Å². The van der Waals surface area contributed by atoms with Crippen LogP contribution in [0.4, 0.5) is 0 Å². The van der Waals surface area contributed by atoms with Crippen LogP contribution < -0.4 is 5.32 Å². The molecule has 1 N–H and O–H groups in total. The van der Waals surface area contributed by atoms with Gasteiger partial charge in [0.2, 0.25) is 0 Å². The van der Waals surface area contributed by atoms with E-state index < -0.39 is 0 Å². The lowest BCUT2D eigenvalue weighted by Crippen LogP contribution is -2.05. The minimum Gasteiger partial charge on any atom is -0.458 e. The van der Waals surface area contributed by atoms with Crippen molar-refractivity contribution >= 4 is 38.5 Å². The molecule has 0 saturated carbocycles. The van der Waals surface area contributed by atoms with Crippen LogP contribution >= 0.6 is 27.5 Å². The summed E-state index contributed by atoms with van der Waals surface area (Å²) in [6.45, 7) is 2.86. The molecule has 0 spiro atoms. The van der Waals surface area contributed by atoms with E-state index in [2.05, 4.69) is 28.2 Å². The van der Waals surface area contributed by atoms with E-state index in [0.29, 0.717) is 0 Å². The van der Waals surface area contributed by atoms with Crippen molar-refractivity contribution in [1.82, 2.24) is 5.32 Å². The Morgan fingerprint density at radius 3 is 2.81 bits per heavy atom. The molecule has 0 amide bonds. The topological polar surface area (TPSA) is 25.2 Å². The van der Waals surface area contributed by atoms with Crippen LogP contribution in [0.3, 0.4) is 0 Å². The molecular formula is C12H13BrClNO. The van der Waals surface area contributed by atoms with Crippen LogP contribution in [0, 0.1) is 0 Å². The first-order valence-corrected chi connectivity index (χ1v) is 6.38. The van der Waals surface area contributed by atoms with E-state index in [4.69, 9.17) is 16.0 Å². The molecule has 0 atom stereocenters. The molecule has 1 aromatic heterocycles. The van der Waals surface area contributed by atoms with Crippen LogP contribution in [-0.4, -0.2) is 7.05 Å². The average molecular weight is 303 g/mol. The van der Waals surface area contributed by atoms with Gasteiger partial charge >= 0.3 is 0 Å². The number of halogens is 2. The zero-order valence-electron chi connectivity index (χ0n) is 9.23. The van der Waals surface area contributed by atoms with E-state index in [-0.39, 0.29) is 0 Å². The van der Waals surface area contributed by atoms with E-state index in [1.807, 2.05) is 19.2 Å². The van der Waals surface area contributed by atoms with Gasteiger partial charge < -0.3 is 9.73 Å². The largest absolute Gasteiger partial charge is 0.458 e. The van der Waals surface area contributed by atoms with E-state index in [1.54, 1.807) is 0 Å². The number of hydrogen-bond donors (Lipinski definition) is 1. The van der Waals surface area contributed by atoms with E-state index in [9.17, 15) is 0 Å². The first-order chi connectivity index (χ1) is 7.67. The Morgan fingerprint density at radius 2 is 2.19 bits per heavy atom. The summed E-state index contributed by atoms with van der Waals surface area (Å²) >= 11 is 9.53. The number of fused-ring (bicyclic) bond motifs is 1. The van der Waals surface area contributed by atoms with Crippen LogP contribution in [0.2, 0.25) is 5.02 Å². The molecule has 0 fully saturated rings. The van der Waals surface area contributed by atoms with Gasteiger partial charge in [-0.2, -0.15) is 0 Å². The lowest BCUT2D eigenvalue weighted by Gasteiger charge is -1.98. The summed E-state index contributed by atoms with van der Waals surface area (Å²) in [6, 6.07) is 3.82. The number of rotatable bonds is 3. The van der Waals surface area contributed by atoms with Gasteiger partial charge in [0.05, 0.1) is 11.0 Å². The smallest absolute Gasteiger partial charge is 0.148 e. The first kappa shape index (κ1) is 12.0. The fourth-order valence-corrected chi connectivity index (χ4v) is 2.81. The van der Waals surface area contributed by atoms with Crippen molar-refractivity contribution in [3.63, 3.8) is 0 Å². The van der Waals surface area contributed by atoms with Crippen molar-refractivity contribution in [2.24, 2.45) is 0 Å². The SMILES string of the molecule is CCc1c(CNC)oc2c(Br)cc(Cl)cc12. The van der Waals surface area contributed by atoms with Crippen molar-refractivity contribution in [1.29, 1.82) is 0 Å². The summed E-state index contributed by atoms with van der Waals surface area (Å²) in [4.78, 5) is 0. The maximum atomic E-state index is 6.05. The van der Waals surface area contributed by atoms with Gasteiger partial charge in [0.25, 0.3) is 0 Å². The standard InChI is InChI=1S/C12H13BrClNO/c1-3-8-9-4-7(14)5-10(13)12(9)16-11(8)6-15-2/h4-5,15H,3,6H2,1-2H3. The van der Waals surface area contributed by atoms with Gasteiger partial charge in [-0.3, -0.25) is 0 Å². The third kappa shape index (κ3) is 1.99. The molecule has 0 radical (unpaired) electrons. The third-order valence-electron chi connectivity index (χ3n) is 2.59.